The summed E-state index contributed by atoms with van der Waals surface area (Å²) in [5.41, 5.74) is 2.06. The lowest BCUT2D eigenvalue weighted by Crippen LogP contribution is -2.58. The number of rotatable bonds is 9. The third kappa shape index (κ3) is 7.31. The molecule has 3 aliphatic heterocycles. The molecule has 14 heteroatoms. The number of anilines is 1. The Morgan fingerprint density at radius 1 is 1.17 bits per heavy atom. The summed E-state index contributed by atoms with van der Waals surface area (Å²) in [6.07, 6.45) is 1.85. The lowest BCUT2D eigenvalue weighted by Gasteiger charge is -2.42. The van der Waals surface area contributed by atoms with Crippen LogP contribution in [0.25, 0.3) is 5.57 Å². The third-order valence-corrected chi connectivity index (χ3v) is 9.34. The van der Waals surface area contributed by atoms with Gasteiger partial charge in [-0.1, -0.05) is 30.7 Å². The average Bonchev–Trinajstić information content (AvgIpc) is 3.23. The number of aliphatic hydroxyl groups is 1. The summed E-state index contributed by atoms with van der Waals surface area (Å²) in [5.74, 6) is -0.517. The molecule has 2 aromatic carbocycles. The minimum atomic E-state index is -1.51. The number of piperidine rings is 1. The first-order valence-corrected chi connectivity index (χ1v) is 16.1. The molecule has 3 N–H and O–H groups in total. The standard InChI is InChI=1S/C33H40ClFN6O6/c1-4-28(42)36-17-20(2)41-31(44)25(24-6-5-7-26(35)30(24)34)18-39(33(41)46)19-29(43)38-13-11-22(12-14-38)40-15-10-21-16-23(47-3)8-9-27(21)37-32(40)45/h5-9,16,18,20,22,31,44H,4,10-15,17,19H2,1-3H3,(H,36,42)(H,37,45)/t20-,31?/m0/s1. The molecule has 12 nitrogen and oxygen atoms in total. The van der Waals surface area contributed by atoms with Gasteiger partial charge in [-0.3, -0.25) is 19.4 Å². The van der Waals surface area contributed by atoms with E-state index in [4.69, 9.17) is 16.3 Å². The topological polar surface area (TPSA) is 135 Å². The molecule has 2 aromatic rings. The maximum Gasteiger partial charge on any atom is 0.327 e. The van der Waals surface area contributed by atoms with Crippen molar-refractivity contribution >= 4 is 46.7 Å². The monoisotopic (exact) mass is 670 g/mol. The summed E-state index contributed by atoms with van der Waals surface area (Å²) in [5, 5.41) is 16.8. The molecule has 47 heavy (non-hydrogen) atoms. The SMILES string of the molecule is CCC(=O)NC[C@H](C)N1C(=O)N(CC(=O)N2CCC(N3CCc4cc(OC)ccc4NC3=O)CC2)C=C(c2cccc(F)c2Cl)C1O. The van der Waals surface area contributed by atoms with Gasteiger partial charge in [0.1, 0.15) is 18.1 Å². The second-order valence-electron chi connectivity index (χ2n) is 11.9. The number of halogens is 2. The van der Waals surface area contributed by atoms with Crippen LogP contribution in [0.1, 0.15) is 44.2 Å². The van der Waals surface area contributed by atoms with Gasteiger partial charge in [0.15, 0.2) is 6.23 Å². The van der Waals surface area contributed by atoms with E-state index >= 15 is 0 Å². The van der Waals surface area contributed by atoms with Gasteiger partial charge in [-0.25, -0.2) is 14.0 Å². The Hall–Kier alpha value is -4.36. The zero-order chi connectivity index (χ0) is 33.8. The van der Waals surface area contributed by atoms with Crippen LogP contribution in [0, 0.1) is 5.82 Å². The third-order valence-electron chi connectivity index (χ3n) is 8.96. The molecule has 1 saturated heterocycles. The van der Waals surface area contributed by atoms with E-state index in [2.05, 4.69) is 10.6 Å². The van der Waals surface area contributed by atoms with Crippen molar-refractivity contribution < 1.29 is 33.4 Å². The molecule has 0 radical (unpaired) electrons. The Kier molecular flexibility index (Phi) is 10.6. The first-order valence-electron chi connectivity index (χ1n) is 15.7. The number of carbonyl (C=O) groups excluding carboxylic acids is 4. The highest BCUT2D eigenvalue weighted by Gasteiger charge is 2.40. The lowest BCUT2D eigenvalue weighted by atomic mass is 10.0. The van der Waals surface area contributed by atoms with Crippen LogP contribution in [-0.2, 0) is 16.0 Å². The summed E-state index contributed by atoms with van der Waals surface area (Å²) in [6, 6.07) is 8.14. The molecule has 0 spiro atoms. The fourth-order valence-corrected chi connectivity index (χ4v) is 6.47. The zero-order valence-corrected chi connectivity index (χ0v) is 27.4. The van der Waals surface area contributed by atoms with Crippen LogP contribution in [0.4, 0.5) is 19.7 Å². The molecule has 0 bridgehead atoms. The van der Waals surface area contributed by atoms with Gasteiger partial charge in [0.2, 0.25) is 11.8 Å². The van der Waals surface area contributed by atoms with Crippen LogP contribution >= 0.6 is 11.6 Å². The number of ether oxygens (including phenoxy) is 1. The Labute approximate surface area is 278 Å². The fourth-order valence-electron chi connectivity index (χ4n) is 6.23. The number of likely N-dealkylation sites (tertiary alicyclic amines) is 1. The molecule has 1 fully saturated rings. The van der Waals surface area contributed by atoms with Crippen molar-refractivity contribution in [3.8, 4) is 5.75 Å². The van der Waals surface area contributed by atoms with Crippen molar-refractivity contribution in [3.63, 3.8) is 0 Å². The van der Waals surface area contributed by atoms with Gasteiger partial charge in [0.05, 0.1) is 18.2 Å². The maximum absolute atomic E-state index is 14.4. The van der Waals surface area contributed by atoms with E-state index in [0.717, 1.165) is 21.9 Å². The van der Waals surface area contributed by atoms with Crippen LogP contribution in [-0.4, -0.2) is 107 Å². The molecule has 1 unspecified atom stereocenters. The van der Waals surface area contributed by atoms with Gasteiger partial charge in [-0.05, 0) is 56.0 Å². The highest BCUT2D eigenvalue weighted by atomic mass is 35.5. The van der Waals surface area contributed by atoms with E-state index < -0.39 is 24.1 Å². The summed E-state index contributed by atoms with van der Waals surface area (Å²) in [6.45, 7) is 4.37. The maximum atomic E-state index is 14.4. The van der Waals surface area contributed by atoms with E-state index in [9.17, 15) is 28.7 Å². The minimum Gasteiger partial charge on any atom is -0.497 e. The number of nitrogens with zero attached hydrogens (tertiary/aromatic N) is 4. The Bertz CT molecular complexity index is 1560. The molecule has 5 rings (SSSR count). The molecule has 0 saturated carbocycles. The Balaban J connectivity index is 1.28. The van der Waals surface area contributed by atoms with E-state index in [1.807, 2.05) is 23.1 Å². The number of benzene rings is 2. The normalized spacial score (nSPS) is 19.4. The first-order chi connectivity index (χ1) is 22.5. The van der Waals surface area contributed by atoms with E-state index in [1.54, 1.807) is 25.9 Å². The molecule has 0 aliphatic carbocycles. The van der Waals surface area contributed by atoms with Gasteiger partial charge >= 0.3 is 12.1 Å². The van der Waals surface area contributed by atoms with Crippen molar-refractivity contribution in [2.45, 2.75) is 57.8 Å². The van der Waals surface area contributed by atoms with E-state index in [-0.39, 0.29) is 59.6 Å². The minimum absolute atomic E-state index is 0.0532. The van der Waals surface area contributed by atoms with E-state index in [1.165, 1.54) is 29.3 Å². The fraction of sp³-hybridized carbons (Fsp3) is 0.455. The predicted octanol–water partition coefficient (Wildman–Crippen LogP) is 3.88. The largest absolute Gasteiger partial charge is 0.497 e. The highest BCUT2D eigenvalue weighted by molar-refractivity contribution is 6.32. The highest BCUT2D eigenvalue weighted by Crippen LogP contribution is 2.34. The second kappa shape index (κ2) is 14.6. The molecule has 3 aliphatic rings. The lowest BCUT2D eigenvalue weighted by molar-refractivity contribution is -0.133. The van der Waals surface area contributed by atoms with Crippen molar-refractivity contribution in [3.05, 3.63) is 64.6 Å². The smallest absolute Gasteiger partial charge is 0.327 e. The number of fused-ring (bicyclic) bond motifs is 1. The molecular weight excluding hydrogens is 631 g/mol. The first kappa shape index (κ1) is 34.0. The van der Waals surface area contributed by atoms with Crippen molar-refractivity contribution in [1.29, 1.82) is 0 Å². The number of urea groups is 2. The van der Waals surface area contributed by atoms with Crippen LogP contribution in [0.3, 0.4) is 0 Å². The zero-order valence-electron chi connectivity index (χ0n) is 26.7. The molecule has 2 atom stereocenters. The van der Waals surface area contributed by atoms with E-state index in [0.29, 0.717) is 38.9 Å². The van der Waals surface area contributed by atoms with Crippen molar-refractivity contribution in [2.75, 3.05) is 45.2 Å². The molecule has 0 aromatic heterocycles. The average molecular weight is 671 g/mol. The molecule has 3 heterocycles. The van der Waals surface area contributed by atoms with Gasteiger partial charge in [-0.15, -0.1) is 0 Å². The number of carbonyl (C=O) groups is 4. The number of nitrogens with one attached hydrogen (secondary N) is 2. The number of hydrogen-bond acceptors (Lipinski definition) is 6. The summed E-state index contributed by atoms with van der Waals surface area (Å²) in [4.78, 5) is 58.1. The quantitative estimate of drug-likeness (QED) is 0.371. The number of amides is 6. The Morgan fingerprint density at radius 3 is 2.62 bits per heavy atom. The van der Waals surface area contributed by atoms with Gasteiger partial charge in [0.25, 0.3) is 0 Å². The number of aliphatic hydroxyl groups excluding tert-OH is 1. The van der Waals surface area contributed by atoms with Crippen LogP contribution < -0.4 is 15.4 Å². The number of hydrogen-bond donors (Lipinski definition) is 3. The van der Waals surface area contributed by atoms with Crippen LogP contribution in [0.15, 0.2) is 42.6 Å². The van der Waals surface area contributed by atoms with Crippen molar-refractivity contribution in [2.24, 2.45) is 0 Å². The molecule has 6 amide bonds. The summed E-state index contributed by atoms with van der Waals surface area (Å²) < 4.78 is 19.8. The van der Waals surface area contributed by atoms with Gasteiger partial charge in [0, 0.05) is 61.7 Å². The predicted molar refractivity (Wildman–Crippen MR) is 174 cm³/mol. The summed E-state index contributed by atoms with van der Waals surface area (Å²) >= 11 is 6.27. The number of methoxy groups -OCH3 is 1. The molecular formula is C33H40ClFN6O6. The van der Waals surface area contributed by atoms with Crippen molar-refractivity contribution in [1.82, 2.24) is 24.9 Å². The van der Waals surface area contributed by atoms with Gasteiger partial charge in [-0.2, -0.15) is 0 Å². The van der Waals surface area contributed by atoms with Crippen LogP contribution in [0.5, 0.6) is 5.75 Å². The van der Waals surface area contributed by atoms with Crippen LogP contribution in [0.2, 0.25) is 5.02 Å². The molecule has 252 valence electrons. The second-order valence-corrected chi connectivity index (χ2v) is 12.3. The summed E-state index contributed by atoms with van der Waals surface area (Å²) in [7, 11) is 1.60. The Morgan fingerprint density at radius 2 is 1.91 bits per heavy atom. The van der Waals surface area contributed by atoms with Gasteiger partial charge < -0.3 is 30.3 Å².